The average molecular weight is 485 g/mol. The van der Waals surface area contributed by atoms with Crippen molar-refractivity contribution in [3.05, 3.63) is 64.7 Å². The Balaban J connectivity index is 1.65. The summed E-state index contributed by atoms with van der Waals surface area (Å²) in [6, 6.07) is 13.4. The normalized spacial score (nSPS) is 15.8. The average Bonchev–Trinajstić information content (AvgIpc) is 2.82. The lowest BCUT2D eigenvalue weighted by atomic mass is 9.88. The number of hydrogen-bond acceptors (Lipinski definition) is 3. The standard InChI is InChI=1S/C26H33ClN4O3/c1-4-18(3)28-25(33)23(30-24(32)20-10-8-17(2)9-11-20)19-12-14-31(15-13-19)26(34)29-22-7-5-6-21(27)16-22/h5-11,16,18-19,23H,4,12-15H2,1-3H3,(H,28,33)(H,29,34)(H,30,32)/t18-,23+/m0/s1. The van der Waals surface area contributed by atoms with Crippen molar-refractivity contribution in [2.45, 2.75) is 52.1 Å². The maximum atomic E-state index is 13.1. The van der Waals surface area contributed by atoms with Crippen LogP contribution in [0.2, 0.25) is 5.02 Å². The van der Waals surface area contributed by atoms with Crippen molar-refractivity contribution >= 4 is 35.1 Å². The molecule has 1 aliphatic heterocycles. The van der Waals surface area contributed by atoms with E-state index in [1.807, 2.05) is 32.9 Å². The van der Waals surface area contributed by atoms with E-state index in [9.17, 15) is 14.4 Å². The fourth-order valence-corrected chi connectivity index (χ4v) is 4.16. The van der Waals surface area contributed by atoms with Gasteiger partial charge in [-0.15, -0.1) is 0 Å². The Labute approximate surface area is 206 Å². The largest absolute Gasteiger partial charge is 0.352 e. The molecule has 1 aliphatic rings. The predicted octanol–water partition coefficient (Wildman–Crippen LogP) is 4.61. The molecule has 0 aromatic heterocycles. The highest BCUT2D eigenvalue weighted by Gasteiger charge is 2.34. The lowest BCUT2D eigenvalue weighted by Crippen LogP contribution is -2.55. The summed E-state index contributed by atoms with van der Waals surface area (Å²) < 4.78 is 0. The van der Waals surface area contributed by atoms with Crippen molar-refractivity contribution in [2.75, 3.05) is 18.4 Å². The van der Waals surface area contributed by atoms with Crippen LogP contribution in [0.25, 0.3) is 0 Å². The number of piperidine rings is 1. The molecule has 0 spiro atoms. The molecule has 4 amide bonds. The second-order valence-electron chi connectivity index (χ2n) is 8.90. The Hall–Kier alpha value is -3.06. The third-order valence-corrected chi connectivity index (χ3v) is 6.49. The van der Waals surface area contributed by atoms with Gasteiger partial charge in [-0.3, -0.25) is 9.59 Å². The molecule has 1 saturated heterocycles. The van der Waals surface area contributed by atoms with E-state index in [0.29, 0.717) is 42.2 Å². The van der Waals surface area contributed by atoms with Gasteiger partial charge in [0.25, 0.3) is 5.91 Å². The molecule has 1 fully saturated rings. The third-order valence-electron chi connectivity index (χ3n) is 6.26. The fraction of sp³-hybridized carbons (Fsp3) is 0.423. The van der Waals surface area contributed by atoms with Crippen LogP contribution >= 0.6 is 11.6 Å². The molecule has 0 radical (unpaired) electrons. The van der Waals surface area contributed by atoms with E-state index in [1.54, 1.807) is 41.3 Å². The number of carbonyl (C=O) groups excluding carboxylic acids is 3. The fourth-order valence-electron chi connectivity index (χ4n) is 3.97. The minimum atomic E-state index is -0.666. The summed E-state index contributed by atoms with van der Waals surface area (Å²) in [5.74, 6) is -0.532. The number of nitrogens with one attached hydrogen (secondary N) is 3. The number of amides is 4. The molecule has 182 valence electrons. The zero-order chi connectivity index (χ0) is 24.7. The number of nitrogens with zero attached hydrogens (tertiary/aromatic N) is 1. The Morgan fingerprint density at radius 3 is 2.35 bits per heavy atom. The molecule has 0 aliphatic carbocycles. The topological polar surface area (TPSA) is 90.5 Å². The van der Waals surface area contributed by atoms with Crippen LogP contribution in [0, 0.1) is 12.8 Å². The van der Waals surface area contributed by atoms with Crippen LogP contribution < -0.4 is 16.0 Å². The number of aryl methyl sites for hydroxylation is 1. The van der Waals surface area contributed by atoms with Gasteiger partial charge in [-0.2, -0.15) is 0 Å². The molecule has 2 atom stereocenters. The van der Waals surface area contributed by atoms with E-state index in [-0.39, 0.29) is 29.8 Å². The van der Waals surface area contributed by atoms with Gasteiger partial charge in [-0.25, -0.2) is 4.79 Å². The van der Waals surface area contributed by atoms with Crippen molar-refractivity contribution in [1.29, 1.82) is 0 Å². The minimum Gasteiger partial charge on any atom is -0.352 e. The summed E-state index contributed by atoms with van der Waals surface area (Å²) >= 11 is 6.00. The number of rotatable bonds is 7. The smallest absolute Gasteiger partial charge is 0.321 e. The van der Waals surface area contributed by atoms with Crippen LogP contribution in [-0.2, 0) is 4.79 Å². The van der Waals surface area contributed by atoms with Crippen LogP contribution in [0.4, 0.5) is 10.5 Å². The second-order valence-corrected chi connectivity index (χ2v) is 9.34. The Morgan fingerprint density at radius 1 is 1.06 bits per heavy atom. The van der Waals surface area contributed by atoms with Crippen LogP contribution in [0.15, 0.2) is 48.5 Å². The summed E-state index contributed by atoms with van der Waals surface area (Å²) in [6.45, 7) is 6.89. The van der Waals surface area contributed by atoms with Crippen LogP contribution in [0.5, 0.6) is 0 Å². The third kappa shape index (κ3) is 6.97. The number of benzene rings is 2. The quantitative estimate of drug-likeness (QED) is 0.536. The molecule has 0 bridgehead atoms. The van der Waals surface area contributed by atoms with Crippen LogP contribution in [0.1, 0.15) is 49.0 Å². The maximum absolute atomic E-state index is 13.1. The van der Waals surface area contributed by atoms with E-state index in [4.69, 9.17) is 11.6 Å². The second kappa shape index (κ2) is 11.9. The summed E-state index contributed by atoms with van der Waals surface area (Å²) in [4.78, 5) is 40.4. The first-order valence-corrected chi connectivity index (χ1v) is 12.1. The van der Waals surface area contributed by atoms with E-state index in [2.05, 4.69) is 16.0 Å². The summed E-state index contributed by atoms with van der Waals surface area (Å²) in [7, 11) is 0. The number of urea groups is 1. The SMILES string of the molecule is CC[C@H](C)NC(=O)[C@H](NC(=O)c1ccc(C)cc1)C1CCN(C(=O)Nc2cccc(Cl)c2)CC1. The van der Waals surface area contributed by atoms with Gasteiger partial charge >= 0.3 is 6.03 Å². The van der Waals surface area contributed by atoms with E-state index >= 15 is 0 Å². The Morgan fingerprint density at radius 2 is 1.74 bits per heavy atom. The first-order chi connectivity index (χ1) is 16.3. The predicted molar refractivity (Wildman–Crippen MR) is 135 cm³/mol. The number of halogens is 1. The molecule has 2 aromatic rings. The van der Waals surface area contributed by atoms with Gasteiger partial charge in [0.05, 0.1) is 0 Å². The van der Waals surface area contributed by atoms with E-state index in [0.717, 1.165) is 12.0 Å². The van der Waals surface area contributed by atoms with Crippen molar-refractivity contribution in [3.63, 3.8) is 0 Å². The van der Waals surface area contributed by atoms with Gasteiger partial charge in [0.15, 0.2) is 0 Å². The van der Waals surface area contributed by atoms with Gasteiger partial charge < -0.3 is 20.9 Å². The molecular weight excluding hydrogens is 452 g/mol. The highest BCUT2D eigenvalue weighted by atomic mass is 35.5. The first-order valence-electron chi connectivity index (χ1n) is 11.8. The minimum absolute atomic E-state index is 0.00911. The number of hydrogen-bond donors (Lipinski definition) is 3. The van der Waals surface area contributed by atoms with E-state index in [1.165, 1.54) is 0 Å². The zero-order valence-electron chi connectivity index (χ0n) is 19.9. The first kappa shape index (κ1) is 25.6. The maximum Gasteiger partial charge on any atom is 0.321 e. The lowest BCUT2D eigenvalue weighted by molar-refractivity contribution is -0.125. The summed E-state index contributed by atoms with van der Waals surface area (Å²) in [5.41, 5.74) is 2.21. The van der Waals surface area contributed by atoms with Crippen molar-refractivity contribution in [1.82, 2.24) is 15.5 Å². The van der Waals surface area contributed by atoms with Crippen molar-refractivity contribution in [3.8, 4) is 0 Å². The summed E-state index contributed by atoms with van der Waals surface area (Å²) in [5, 5.41) is 9.38. The van der Waals surface area contributed by atoms with Crippen LogP contribution in [-0.4, -0.2) is 47.9 Å². The molecule has 7 nitrogen and oxygen atoms in total. The highest BCUT2D eigenvalue weighted by molar-refractivity contribution is 6.30. The molecule has 2 aromatic carbocycles. The number of carbonyl (C=O) groups is 3. The molecule has 0 unspecified atom stereocenters. The Kier molecular flexibility index (Phi) is 8.93. The van der Waals surface area contributed by atoms with Gasteiger partial charge in [0, 0.05) is 35.4 Å². The van der Waals surface area contributed by atoms with Crippen molar-refractivity contribution < 1.29 is 14.4 Å². The van der Waals surface area contributed by atoms with E-state index < -0.39 is 6.04 Å². The van der Waals surface area contributed by atoms with Gasteiger partial charge in [0.2, 0.25) is 5.91 Å². The summed E-state index contributed by atoms with van der Waals surface area (Å²) in [6.07, 6.45) is 2.01. The molecule has 3 N–H and O–H groups in total. The van der Waals surface area contributed by atoms with Gasteiger partial charge in [0.1, 0.15) is 6.04 Å². The molecule has 3 rings (SSSR count). The van der Waals surface area contributed by atoms with Gasteiger partial charge in [-0.05, 0) is 69.4 Å². The number of anilines is 1. The molecule has 0 saturated carbocycles. The van der Waals surface area contributed by atoms with Crippen molar-refractivity contribution in [2.24, 2.45) is 5.92 Å². The molecular formula is C26H33ClN4O3. The molecule has 1 heterocycles. The Bertz CT molecular complexity index is 1000. The monoisotopic (exact) mass is 484 g/mol. The lowest BCUT2D eigenvalue weighted by Gasteiger charge is -2.36. The molecule has 8 heteroatoms. The number of likely N-dealkylation sites (tertiary alicyclic amines) is 1. The van der Waals surface area contributed by atoms with Crippen LogP contribution in [0.3, 0.4) is 0 Å². The zero-order valence-corrected chi connectivity index (χ0v) is 20.7. The highest BCUT2D eigenvalue weighted by Crippen LogP contribution is 2.23. The molecule has 34 heavy (non-hydrogen) atoms. The van der Waals surface area contributed by atoms with Gasteiger partial charge in [-0.1, -0.05) is 42.3 Å².